The maximum Gasteiger partial charge on any atom is 2.00 e. The van der Waals surface area contributed by atoms with Crippen LogP contribution in [0, 0.1) is 0 Å². The second-order valence-corrected chi connectivity index (χ2v) is 3.88. The van der Waals surface area contributed by atoms with Gasteiger partial charge in [-0.05, 0) is 6.92 Å². The van der Waals surface area contributed by atoms with Gasteiger partial charge in [-0.2, -0.15) is 0 Å². The van der Waals surface area contributed by atoms with Crippen LogP contribution in [0.2, 0.25) is 0 Å². The SMILES string of the molecule is C=CC=CC.CCCCCCCCCC.[Ti+2]. The average molecular weight is 258 g/mol. The largest absolute Gasteiger partial charge is 2.00 e. The summed E-state index contributed by atoms with van der Waals surface area (Å²) in [5, 5.41) is 0. The third kappa shape index (κ3) is 29.2. The Hall–Kier alpha value is 0.194. The number of hydrogen-bond acceptors (Lipinski definition) is 0. The molecule has 0 rings (SSSR count). The monoisotopic (exact) mass is 258 g/mol. The van der Waals surface area contributed by atoms with E-state index in [0.717, 1.165) is 0 Å². The first-order valence-corrected chi connectivity index (χ1v) is 6.57. The number of rotatable bonds is 8. The van der Waals surface area contributed by atoms with Crippen LogP contribution in [-0.4, -0.2) is 0 Å². The molecule has 92 valence electrons. The molecule has 1 heteroatoms. The maximum atomic E-state index is 3.46. The molecule has 0 aliphatic heterocycles. The van der Waals surface area contributed by atoms with Crippen LogP contribution in [0.25, 0.3) is 0 Å². The summed E-state index contributed by atoms with van der Waals surface area (Å²) in [6.45, 7) is 9.96. The van der Waals surface area contributed by atoms with Crippen molar-refractivity contribution in [1.29, 1.82) is 0 Å². The first kappa shape index (κ1) is 21.5. The quantitative estimate of drug-likeness (QED) is 0.289. The molecule has 0 bridgehead atoms. The minimum Gasteiger partial charge on any atom is -0.0991 e. The Balaban J connectivity index is -0.000000242. The minimum absolute atomic E-state index is 0. The van der Waals surface area contributed by atoms with Gasteiger partial charge in [-0.25, -0.2) is 0 Å². The summed E-state index contributed by atoms with van der Waals surface area (Å²) >= 11 is 0. The molecule has 0 saturated carbocycles. The molecule has 0 aromatic rings. The Morgan fingerprint density at radius 3 is 1.38 bits per heavy atom. The van der Waals surface area contributed by atoms with Crippen molar-refractivity contribution >= 4 is 0 Å². The molecule has 16 heavy (non-hydrogen) atoms. The van der Waals surface area contributed by atoms with Gasteiger partial charge in [0.15, 0.2) is 0 Å². The molecule has 0 atom stereocenters. The van der Waals surface area contributed by atoms with Crippen LogP contribution in [0.4, 0.5) is 0 Å². The molecule has 0 nitrogen and oxygen atoms in total. The van der Waals surface area contributed by atoms with Crippen LogP contribution in [0.5, 0.6) is 0 Å². The fraction of sp³-hybridized carbons (Fsp3) is 0.733. The van der Waals surface area contributed by atoms with Crippen molar-refractivity contribution in [2.24, 2.45) is 0 Å². The van der Waals surface area contributed by atoms with E-state index >= 15 is 0 Å². The summed E-state index contributed by atoms with van der Waals surface area (Å²) in [7, 11) is 0. The molecule has 0 aromatic carbocycles. The topological polar surface area (TPSA) is 0 Å². The van der Waals surface area contributed by atoms with Crippen molar-refractivity contribution in [3.05, 3.63) is 24.8 Å². The van der Waals surface area contributed by atoms with Crippen molar-refractivity contribution in [1.82, 2.24) is 0 Å². The van der Waals surface area contributed by atoms with E-state index in [0.29, 0.717) is 0 Å². The van der Waals surface area contributed by atoms with Crippen LogP contribution in [0.3, 0.4) is 0 Å². The molecule has 0 N–H and O–H groups in total. The molecule has 0 amide bonds. The average Bonchev–Trinajstić information content (AvgIpc) is 2.25. The van der Waals surface area contributed by atoms with Crippen molar-refractivity contribution in [3.63, 3.8) is 0 Å². The summed E-state index contributed by atoms with van der Waals surface area (Å²) in [6.07, 6.45) is 17.0. The summed E-state index contributed by atoms with van der Waals surface area (Å²) in [5.74, 6) is 0. The predicted octanol–water partition coefficient (Wildman–Crippen LogP) is 5.89. The molecule has 0 fully saturated rings. The van der Waals surface area contributed by atoms with Gasteiger partial charge in [0.05, 0.1) is 0 Å². The Morgan fingerprint density at radius 1 is 0.812 bits per heavy atom. The normalized spacial score (nSPS) is 9.19. The standard InChI is InChI=1S/C10H22.C5H8.Ti/c1-3-5-7-9-10-8-6-4-2;1-3-5-4-2;/h3-10H2,1-2H3;3-5H,1H2,2H3;/q;;+2. The van der Waals surface area contributed by atoms with Crippen molar-refractivity contribution in [2.45, 2.75) is 72.1 Å². The van der Waals surface area contributed by atoms with E-state index in [9.17, 15) is 0 Å². The van der Waals surface area contributed by atoms with Gasteiger partial charge in [-0.3, -0.25) is 0 Å². The van der Waals surface area contributed by atoms with Crippen LogP contribution in [0.15, 0.2) is 24.8 Å². The van der Waals surface area contributed by atoms with Crippen molar-refractivity contribution in [2.75, 3.05) is 0 Å². The first-order valence-electron chi connectivity index (χ1n) is 6.57. The molecule has 0 unspecified atom stereocenters. The maximum absolute atomic E-state index is 3.46. The van der Waals surface area contributed by atoms with Gasteiger partial charge in [0, 0.05) is 0 Å². The van der Waals surface area contributed by atoms with E-state index in [1.807, 2.05) is 19.1 Å². The Kier molecular flexibility index (Phi) is 32.8. The molecule has 0 saturated heterocycles. The third-order valence-corrected chi connectivity index (χ3v) is 2.29. The van der Waals surface area contributed by atoms with E-state index < -0.39 is 0 Å². The molecular formula is C15H30Ti+2. The molecule has 0 spiro atoms. The second-order valence-electron chi connectivity index (χ2n) is 3.88. The molecular weight excluding hydrogens is 228 g/mol. The zero-order valence-corrected chi connectivity index (χ0v) is 13.2. The van der Waals surface area contributed by atoms with Gasteiger partial charge >= 0.3 is 21.7 Å². The van der Waals surface area contributed by atoms with Gasteiger partial charge in [-0.1, -0.05) is 90.0 Å². The third-order valence-electron chi connectivity index (χ3n) is 2.29. The number of allylic oxidation sites excluding steroid dienone is 3. The summed E-state index contributed by atoms with van der Waals surface area (Å²) in [4.78, 5) is 0. The first-order chi connectivity index (χ1) is 7.33. The zero-order chi connectivity index (χ0) is 11.8. The summed E-state index contributed by atoms with van der Waals surface area (Å²) in [6, 6.07) is 0. The molecule has 0 heterocycles. The van der Waals surface area contributed by atoms with Gasteiger partial charge in [0.25, 0.3) is 0 Å². The minimum atomic E-state index is 0. The molecule has 0 radical (unpaired) electrons. The van der Waals surface area contributed by atoms with Crippen LogP contribution < -0.4 is 0 Å². The van der Waals surface area contributed by atoms with Crippen molar-refractivity contribution in [3.8, 4) is 0 Å². The summed E-state index contributed by atoms with van der Waals surface area (Å²) < 4.78 is 0. The van der Waals surface area contributed by atoms with E-state index in [-0.39, 0.29) is 21.7 Å². The fourth-order valence-electron chi connectivity index (χ4n) is 1.34. The van der Waals surface area contributed by atoms with Crippen LogP contribution >= 0.6 is 0 Å². The van der Waals surface area contributed by atoms with E-state index in [1.165, 1.54) is 51.4 Å². The van der Waals surface area contributed by atoms with E-state index in [1.54, 1.807) is 6.08 Å². The van der Waals surface area contributed by atoms with Gasteiger partial charge in [0.1, 0.15) is 0 Å². The molecule has 0 aliphatic rings. The van der Waals surface area contributed by atoms with E-state index in [4.69, 9.17) is 0 Å². The summed E-state index contributed by atoms with van der Waals surface area (Å²) in [5.41, 5.74) is 0. The van der Waals surface area contributed by atoms with Crippen LogP contribution in [-0.2, 0) is 21.7 Å². The van der Waals surface area contributed by atoms with Gasteiger partial charge in [-0.15, -0.1) is 0 Å². The predicted molar refractivity (Wildman–Crippen MR) is 73.3 cm³/mol. The van der Waals surface area contributed by atoms with Gasteiger partial charge in [0.2, 0.25) is 0 Å². The van der Waals surface area contributed by atoms with Crippen molar-refractivity contribution < 1.29 is 21.7 Å². The molecule has 0 aromatic heterocycles. The Labute approximate surface area is 118 Å². The van der Waals surface area contributed by atoms with Gasteiger partial charge < -0.3 is 0 Å². The Bertz CT molecular complexity index is 119. The molecule has 0 aliphatic carbocycles. The van der Waals surface area contributed by atoms with Crippen LogP contribution in [0.1, 0.15) is 72.1 Å². The van der Waals surface area contributed by atoms with E-state index in [2.05, 4.69) is 20.4 Å². The number of hydrogen-bond donors (Lipinski definition) is 0. The number of unbranched alkanes of at least 4 members (excludes halogenated alkanes) is 7. The zero-order valence-electron chi connectivity index (χ0n) is 11.6. The Morgan fingerprint density at radius 2 is 1.19 bits per heavy atom. The fourth-order valence-corrected chi connectivity index (χ4v) is 1.34. The second kappa shape index (κ2) is 24.4. The smallest absolute Gasteiger partial charge is 0.0991 e.